The van der Waals surface area contributed by atoms with Crippen LogP contribution < -0.4 is 20.3 Å². The van der Waals surface area contributed by atoms with Gasteiger partial charge < -0.3 is 20.3 Å². The fourth-order valence-electron chi connectivity index (χ4n) is 3.56. The number of carbonyl (C=O) groups excluding carboxylic acids is 3. The molecule has 0 unspecified atom stereocenters. The van der Waals surface area contributed by atoms with Crippen molar-refractivity contribution in [1.29, 1.82) is 0 Å². The maximum Gasteiger partial charge on any atom is 0.251 e. The molecule has 3 amide bonds. The topological polar surface area (TPSA) is 87.7 Å². The highest BCUT2D eigenvalue weighted by molar-refractivity contribution is 6.00. The molecule has 2 N–H and O–H groups in total. The minimum atomic E-state index is -0.399. The van der Waals surface area contributed by atoms with Crippen LogP contribution in [-0.2, 0) is 9.59 Å². The van der Waals surface area contributed by atoms with Crippen LogP contribution in [0.2, 0.25) is 0 Å². The van der Waals surface area contributed by atoms with E-state index in [0.29, 0.717) is 36.9 Å². The average molecular weight is 424 g/mol. The Hall–Kier alpha value is -3.35. The molecule has 1 saturated heterocycles. The Bertz CT molecular complexity index is 957. The van der Waals surface area contributed by atoms with Gasteiger partial charge in [-0.15, -0.1) is 0 Å². The number of amides is 3. The minimum Gasteiger partial charge on any atom is -0.497 e. The SMILES string of the molecule is COc1cccc(C(=O)NCCNC(=O)[C@@H]2CC(=O)N(c3cccc(C(C)C)c3)C2)c1. The van der Waals surface area contributed by atoms with E-state index >= 15 is 0 Å². The van der Waals surface area contributed by atoms with Crippen molar-refractivity contribution in [2.45, 2.75) is 26.2 Å². The molecule has 1 atom stereocenters. The summed E-state index contributed by atoms with van der Waals surface area (Å²) in [6.45, 7) is 5.16. The molecule has 1 fully saturated rings. The van der Waals surface area contributed by atoms with Crippen LogP contribution in [-0.4, -0.2) is 44.5 Å². The maximum absolute atomic E-state index is 12.5. The second-order valence-corrected chi connectivity index (χ2v) is 7.93. The Morgan fingerprint density at radius 2 is 1.84 bits per heavy atom. The molecule has 2 aromatic rings. The normalized spacial score (nSPS) is 15.8. The zero-order chi connectivity index (χ0) is 22.4. The lowest BCUT2D eigenvalue weighted by Gasteiger charge is -2.18. The van der Waals surface area contributed by atoms with E-state index in [1.165, 1.54) is 0 Å². The van der Waals surface area contributed by atoms with Crippen LogP contribution in [0.25, 0.3) is 0 Å². The fraction of sp³-hybridized carbons (Fsp3) is 0.375. The second-order valence-electron chi connectivity index (χ2n) is 7.93. The number of benzene rings is 2. The van der Waals surface area contributed by atoms with E-state index < -0.39 is 5.92 Å². The van der Waals surface area contributed by atoms with Gasteiger partial charge in [0.05, 0.1) is 13.0 Å². The van der Waals surface area contributed by atoms with Crippen molar-refractivity contribution >= 4 is 23.4 Å². The maximum atomic E-state index is 12.5. The lowest BCUT2D eigenvalue weighted by molar-refractivity contribution is -0.126. The third-order valence-corrected chi connectivity index (χ3v) is 5.39. The van der Waals surface area contributed by atoms with Gasteiger partial charge in [-0.3, -0.25) is 14.4 Å². The van der Waals surface area contributed by atoms with Gasteiger partial charge in [-0.1, -0.05) is 32.0 Å². The highest BCUT2D eigenvalue weighted by atomic mass is 16.5. The summed E-state index contributed by atoms with van der Waals surface area (Å²) in [7, 11) is 1.54. The molecule has 7 heteroatoms. The summed E-state index contributed by atoms with van der Waals surface area (Å²) in [5, 5.41) is 5.59. The van der Waals surface area contributed by atoms with Crippen molar-refractivity contribution in [3.05, 3.63) is 59.7 Å². The third kappa shape index (κ3) is 5.63. The number of hydrogen-bond donors (Lipinski definition) is 2. The van der Waals surface area contributed by atoms with Gasteiger partial charge >= 0.3 is 0 Å². The number of nitrogens with zero attached hydrogens (tertiary/aromatic N) is 1. The highest BCUT2D eigenvalue weighted by Gasteiger charge is 2.35. The molecule has 3 rings (SSSR count). The summed E-state index contributed by atoms with van der Waals surface area (Å²) in [4.78, 5) is 38.9. The second kappa shape index (κ2) is 10.1. The molecule has 164 valence electrons. The highest BCUT2D eigenvalue weighted by Crippen LogP contribution is 2.27. The van der Waals surface area contributed by atoms with Crippen LogP contribution in [0, 0.1) is 5.92 Å². The van der Waals surface area contributed by atoms with Crippen LogP contribution in [0.5, 0.6) is 5.75 Å². The van der Waals surface area contributed by atoms with E-state index in [0.717, 1.165) is 11.3 Å². The van der Waals surface area contributed by atoms with Gasteiger partial charge in [0.15, 0.2) is 0 Å². The van der Waals surface area contributed by atoms with Crippen molar-refractivity contribution in [3.63, 3.8) is 0 Å². The van der Waals surface area contributed by atoms with Gasteiger partial charge in [-0.2, -0.15) is 0 Å². The van der Waals surface area contributed by atoms with Crippen LogP contribution in [0.15, 0.2) is 48.5 Å². The number of hydrogen-bond acceptors (Lipinski definition) is 4. The number of ether oxygens (including phenoxy) is 1. The summed E-state index contributed by atoms with van der Waals surface area (Å²) in [5.41, 5.74) is 2.48. The first-order chi connectivity index (χ1) is 14.9. The first-order valence-electron chi connectivity index (χ1n) is 10.5. The number of carbonyl (C=O) groups is 3. The van der Waals surface area contributed by atoms with Crippen LogP contribution in [0.4, 0.5) is 5.69 Å². The van der Waals surface area contributed by atoms with E-state index in [-0.39, 0.29) is 24.1 Å². The zero-order valence-electron chi connectivity index (χ0n) is 18.2. The van der Waals surface area contributed by atoms with Crippen molar-refractivity contribution in [2.24, 2.45) is 5.92 Å². The molecular weight excluding hydrogens is 394 g/mol. The summed E-state index contributed by atoms with van der Waals surface area (Å²) in [6.07, 6.45) is 0.188. The number of nitrogens with one attached hydrogen (secondary N) is 2. The number of rotatable bonds is 8. The minimum absolute atomic E-state index is 0.0487. The molecule has 1 aliphatic heterocycles. The Morgan fingerprint density at radius 3 is 2.58 bits per heavy atom. The average Bonchev–Trinajstić information content (AvgIpc) is 3.18. The van der Waals surface area contributed by atoms with Crippen molar-refractivity contribution in [1.82, 2.24) is 10.6 Å². The van der Waals surface area contributed by atoms with Crippen LogP contribution >= 0.6 is 0 Å². The van der Waals surface area contributed by atoms with Gasteiger partial charge in [0.1, 0.15) is 5.75 Å². The lowest BCUT2D eigenvalue weighted by atomic mass is 10.0. The van der Waals surface area contributed by atoms with E-state index in [1.54, 1.807) is 36.3 Å². The van der Waals surface area contributed by atoms with Gasteiger partial charge in [0.25, 0.3) is 5.91 Å². The molecule has 0 aromatic heterocycles. The lowest BCUT2D eigenvalue weighted by Crippen LogP contribution is -2.38. The monoisotopic (exact) mass is 423 g/mol. The van der Waals surface area contributed by atoms with E-state index in [9.17, 15) is 14.4 Å². The van der Waals surface area contributed by atoms with E-state index in [1.807, 2.05) is 24.3 Å². The first-order valence-corrected chi connectivity index (χ1v) is 10.5. The molecule has 0 saturated carbocycles. The predicted molar refractivity (Wildman–Crippen MR) is 119 cm³/mol. The summed E-state index contributed by atoms with van der Waals surface area (Å²) < 4.78 is 5.12. The van der Waals surface area contributed by atoms with Crippen LogP contribution in [0.1, 0.15) is 42.1 Å². The molecule has 0 aliphatic carbocycles. The van der Waals surface area contributed by atoms with E-state index in [2.05, 4.69) is 24.5 Å². The number of methoxy groups -OCH3 is 1. The van der Waals surface area contributed by atoms with Crippen molar-refractivity contribution in [3.8, 4) is 5.75 Å². The fourth-order valence-corrected chi connectivity index (χ4v) is 3.56. The Labute approximate surface area is 182 Å². The van der Waals surface area contributed by atoms with Gasteiger partial charge in [0.2, 0.25) is 11.8 Å². The van der Waals surface area contributed by atoms with Crippen LogP contribution in [0.3, 0.4) is 0 Å². The quantitative estimate of drug-likeness (QED) is 0.639. The smallest absolute Gasteiger partial charge is 0.251 e. The summed E-state index contributed by atoms with van der Waals surface area (Å²) >= 11 is 0. The molecule has 0 bridgehead atoms. The molecule has 2 aromatic carbocycles. The molecule has 31 heavy (non-hydrogen) atoms. The van der Waals surface area contributed by atoms with Gasteiger partial charge in [-0.05, 0) is 41.8 Å². The molecule has 0 radical (unpaired) electrons. The standard InChI is InChI=1S/C24H29N3O4/c1-16(2)17-6-4-8-20(12-17)27-15-19(14-22(27)28)24(30)26-11-10-25-23(29)18-7-5-9-21(13-18)31-3/h4-9,12-13,16,19H,10-11,14-15H2,1-3H3,(H,25,29)(H,26,30)/t19-/m1/s1. The number of anilines is 1. The largest absolute Gasteiger partial charge is 0.497 e. The first kappa shape index (κ1) is 22.3. The third-order valence-electron chi connectivity index (χ3n) is 5.39. The van der Waals surface area contributed by atoms with Gasteiger partial charge in [-0.25, -0.2) is 0 Å². The Morgan fingerprint density at radius 1 is 1.10 bits per heavy atom. The Kier molecular flexibility index (Phi) is 7.28. The summed E-state index contributed by atoms with van der Waals surface area (Å²) in [5.74, 6) is 0.114. The zero-order valence-corrected chi connectivity index (χ0v) is 18.2. The Balaban J connectivity index is 1.47. The van der Waals surface area contributed by atoms with E-state index in [4.69, 9.17) is 4.74 Å². The predicted octanol–water partition coefficient (Wildman–Crippen LogP) is 2.72. The molecule has 0 spiro atoms. The van der Waals surface area contributed by atoms with Crippen molar-refractivity contribution in [2.75, 3.05) is 31.6 Å². The molecule has 1 heterocycles. The molecule has 1 aliphatic rings. The molecule has 7 nitrogen and oxygen atoms in total. The molecular formula is C24H29N3O4. The van der Waals surface area contributed by atoms with Gasteiger partial charge in [0, 0.05) is 37.3 Å². The summed E-state index contributed by atoms with van der Waals surface area (Å²) in [6, 6.07) is 14.8. The van der Waals surface area contributed by atoms with Crippen molar-refractivity contribution < 1.29 is 19.1 Å².